The summed E-state index contributed by atoms with van der Waals surface area (Å²) in [7, 11) is 1.01. The van der Waals surface area contributed by atoms with Crippen LogP contribution in [0.15, 0.2) is 102 Å². The summed E-state index contributed by atoms with van der Waals surface area (Å²) in [6.07, 6.45) is -3.21. The second-order valence-corrected chi connectivity index (χ2v) is 15.1. The summed E-state index contributed by atoms with van der Waals surface area (Å²) < 4.78 is 98.2. The molecule has 0 spiro atoms. The number of nitrogens with two attached hydrogens (primary N) is 1. The number of sulfonamides is 1. The smallest absolute Gasteiger partial charge is 0.417 e. The topological polar surface area (TPSA) is 157 Å². The molecule has 0 bridgehead atoms. The molecule has 6 aromatic rings. The molecule has 2 heterocycles. The van der Waals surface area contributed by atoms with Gasteiger partial charge in [-0.1, -0.05) is 42.5 Å². The van der Waals surface area contributed by atoms with E-state index in [1.54, 1.807) is 85.1 Å². The van der Waals surface area contributed by atoms with Crippen molar-refractivity contribution in [1.82, 2.24) is 29.5 Å². The fourth-order valence-electron chi connectivity index (χ4n) is 6.35. The number of nitrogens with zero attached hydrogens (tertiary/aromatic N) is 6. The Balaban J connectivity index is 1.52. The lowest BCUT2D eigenvalue weighted by molar-refractivity contribution is -0.139. The van der Waals surface area contributed by atoms with Crippen LogP contribution < -0.4 is 19.9 Å². The number of benzene rings is 4. The van der Waals surface area contributed by atoms with Gasteiger partial charge in [-0.3, -0.25) is 0 Å². The van der Waals surface area contributed by atoms with E-state index in [1.165, 1.54) is 39.3 Å². The summed E-state index contributed by atoms with van der Waals surface area (Å²) >= 11 is 0. The number of tetrazole rings is 1. The molecule has 0 aliphatic carbocycles. The van der Waals surface area contributed by atoms with Crippen molar-refractivity contribution in [3.05, 3.63) is 136 Å². The van der Waals surface area contributed by atoms with Gasteiger partial charge in [0.2, 0.25) is 15.8 Å². The van der Waals surface area contributed by atoms with Gasteiger partial charge in [0, 0.05) is 37.5 Å². The number of halogens is 3. The Kier molecular flexibility index (Phi) is 12.9. The maximum atomic E-state index is 15.2. The lowest BCUT2D eigenvalue weighted by Gasteiger charge is -2.27. The number of hydrogen-bond donors (Lipinski definition) is 1. The largest absolute Gasteiger partial charge is 0.497 e. The quantitative estimate of drug-likeness (QED) is 0.104. The van der Waals surface area contributed by atoms with E-state index in [-0.39, 0.29) is 61.9 Å². The number of aryl methyl sites for hydroxylation is 2. The van der Waals surface area contributed by atoms with Crippen LogP contribution in [0.4, 0.5) is 19.0 Å². The SMILES string of the molecule is COCc1cc(CCc2ccc(C(F)(F)F)c(S(=O)(=O)N(Cc3ccc(OC)cc3)Cc3ccc(OC)cc3)c2-c2nnn(Cc3ccc(OC)cc3)n2)cnc1N. The Bertz CT molecular complexity index is 2380. The van der Waals surface area contributed by atoms with Crippen molar-refractivity contribution in [2.45, 2.75) is 50.2 Å². The van der Waals surface area contributed by atoms with Crippen molar-refractivity contribution in [3.63, 3.8) is 0 Å². The van der Waals surface area contributed by atoms with Gasteiger partial charge >= 0.3 is 6.18 Å². The van der Waals surface area contributed by atoms with Gasteiger partial charge in [0.25, 0.3) is 0 Å². The molecule has 17 heteroatoms. The molecule has 0 radical (unpaired) electrons. The first-order valence-electron chi connectivity index (χ1n) is 17.9. The molecule has 58 heavy (non-hydrogen) atoms. The lowest BCUT2D eigenvalue weighted by atomic mass is 9.97. The van der Waals surface area contributed by atoms with Gasteiger partial charge in [-0.25, -0.2) is 13.4 Å². The second-order valence-electron chi connectivity index (χ2n) is 13.3. The molecule has 2 N–H and O–H groups in total. The number of ether oxygens (including phenoxy) is 4. The number of hydrogen-bond acceptors (Lipinski definition) is 11. The highest BCUT2D eigenvalue weighted by Gasteiger charge is 2.43. The Morgan fingerprint density at radius 3 is 1.79 bits per heavy atom. The maximum absolute atomic E-state index is 15.2. The van der Waals surface area contributed by atoms with Crippen molar-refractivity contribution in [2.75, 3.05) is 34.2 Å². The number of rotatable bonds is 17. The minimum absolute atomic E-state index is 0.0813. The minimum Gasteiger partial charge on any atom is -0.497 e. The highest BCUT2D eigenvalue weighted by molar-refractivity contribution is 7.89. The molecule has 0 saturated heterocycles. The van der Waals surface area contributed by atoms with E-state index >= 15 is 21.6 Å². The van der Waals surface area contributed by atoms with Crippen LogP contribution in [-0.4, -0.2) is 66.4 Å². The first-order valence-corrected chi connectivity index (χ1v) is 19.4. The summed E-state index contributed by atoms with van der Waals surface area (Å²) in [5, 5.41) is 12.8. The molecule has 0 aliphatic heterocycles. The molecule has 13 nitrogen and oxygen atoms in total. The zero-order chi connectivity index (χ0) is 41.5. The Hall–Kier alpha value is -6.04. The molecule has 0 aliphatic rings. The summed E-state index contributed by atoms with van der Waals surface area (Å²) in [6.45, 7) is -0.277. The fraction of sp³-hybridized carbons (Fsp3) is 0.268. The molecule has 0 amide bonds. The van der Waals surface area contributed by atoms with E-state index in [0.717, 1.165) is 15.9 Å². The van der Waals surface area contributed by atoms with E-state index in [9.17, 15) is 0 Å². The average molecular weight is 818 g/mol. The van der Waals surface area contributed by atoms with Crippen molar-refractivity contribution < 1.29 is 40.5 Å². The molecule has 304 valence electrons. The van der Waals surface area contributed by atoms with Crippen molar-refractivity contribution in [2.24, 2.45) is 0 Å². The van der Waals surface area contributed by atoms with E-state index < -0.39 is 26.7 Å². The number of anilines is 1. The minimum atomic E-state index is -5.10. The van der Waals surface area contributed by atoms with Crippen LogP contribution in [0.3, 0.4) is 0 Å². The molecule has 6 rings (SSSR count). The highest BCUT2D eigenvalue weighted by Crippen LogP contribution is 2.42. The number of aromatic nitrogens is 5. The first-order chi connectivity index (χ1) is 27.8. The highest BCUT2D eigenvalue weighted by atomic mass is 32.2. The molecule has 4 aromatic carbocycles. The number of methoxy groups -OCH3 is 4. The van der Waals surface area contributed by atoms with Crippen LogP contribution in [0, 0.1) is 0 Å². The van der Waals surface area contributed by atoms with Crippen LogP contribution in [0.1, 0.15) is 38.9 Å². The van der Waals surface area contributed by atoms with Gasteiger partial charge in [0.05, 0.1) is 40.0 Å². The van der Waals surface area contributed by atoms with E-state index in [1.807, 2.05) is 0 Å². The van der Waals surface area contributed by atoms with Crippen LogP contribution in [-0.2, 0) is 60.0 Å². The summed E-state index contributed by atoms with van der Waals surface area (Å²) in [5.74, 6) is 1.66. The second kappa shape index (κ2) is 18.0. The third kappa shape index (κ3) is 9.73. The number of pyridine rings is 1. The van der Waals surface area contributed by atoms with Gasteiger partial charge in [-0.05, 0) is 94.4 Å². The molecule has 2 aromatic heterocycles. The van der Waals surface area contributed by atoms with Crippen molar-refractivity contribution in [1.29, 1.82) is 0 Å². The predicted octanol–water partition coefficient (Wildman–Crippen LogP) is 6.73. The third-order valence-electron chi connectivity index (χ3n) is 9.38. The van der Waals surface area contributed by atoms with Gasteiger partial charge in [0.1, 0.15) is 28.0 Å². The van der Waals surface area contributed by atoms with Crippen molar-refractivity contribution >= 4 is 15.8 Å². The third-order valence-corrected chi connectivity index (χ3v) is 11.3. The molecule has 0 fully saturated rings. The zero-order valence-electron chi connectivity index (χ0n) is 32.2. The van der Waals surface area contributed by atoms with Crippen molar-refractivity contribution in [3.8, 4) is 28.6 Å². The average Bonchev–Trinajstić information content (AvgIpc) is 3.69. The van der Waals surface area contributed by atoms with Gasteiger partial charge in [-0.15, -0.1) is 10.2 Å². The van der Waals surface area contributed by atoms with E-state index in [2.05, 4.69) is 20.4 Å². The van der Waals surface area contributed by atoms with Crippen LogP contribution in [0.2, 0.25) is 0 Å². The lowest BCUT2D eigenvalue weighted by Crippen LogP contribution is -2.32. The van der Waals surface area contributed by atoms with E-state index in [4.69, 9.17) is 24.7 Å². The van der Waals surface area contributed by atoms with Crippen LogP contribution in [0.25, 0.3) is 11.4 Å². The van der Waals surface area contributed by atoms with Gasteiger partial charge in [-0.2, -0.15) is 22.3 Å². The molecule has 0 atom stereocenters. The number of alkyl halides is 3. The maximum Gasteiger partial charge on any atom is 0.417 e. The standard InChI is InChI=1S/C41H42F3N7O6S/c1-54-26-32-21-30(22-46-39(32)45)5-12-31-13-20-36(41(42,43)44)38(37(31)40-47-49-51(48-40)25-29-10-18-35(57-4)19-11-29)58(52,53)50(23-27-6-14-33(55-2)15-7-27)24-28-8-16-34(56-3)17-9-28/h6-11,13-22H,5,12,23-26H2,1-4H3,(H2,45,46). The summed E-state index contributed by atoms with van der Waals surface area (Å²) in [6, 6.07) is 24.1. The predicted molar refractivity (Wildman–Crippen MR) is 210 cm³/mol. The number of nitrogen functional groups attached to an aromatic ring is 1. The summed E-state index contributed by atoms with van der Waals surface area (Å²) in [5.41, 5.74) is 7.69. The molecular formula is C41H42F3N7O6S. The molecule has 0 unspecified atom stereocenters. The normalized spacial score (nSPS) is 11.9. The molecule has 0 saturated carbocycles. The fourth-order valence-corrected chi connectivity index (χ4v) is 8.19. The summed E-state index contributed by atoms with van der Waals surface area (Å²) in [4.78, 5) is 4.47. The van der Waals surface area contributed by atoms with Gasteiger partial charge < -0.3 is 24.7 Å². The molecular weight excluding hydrogens is 776 g/mol. The Morgan fingerprint density at radius 1 is 0.724 bits per heavy atom. The monoisotopic (exact) mass is 817 g/mol. The van der Waals surface area contributed by atoms with Crippen LogP contribution >= 0.6 is 0 Å². The van der Waals surface area contributed by atoms with Crippen LogP contribution in [0.5, 0.6) is 17.2 Å². The zero-order valence-corrected chi connectivity index (χ0v) is 33.0. The first kappa shape index (κ1) is 41.6. The van der Waals surface area contributed by atoms with Gasteiger partial charge in [0.15, 0.2) is 0 Å². The Morgan fingerprint density at radius 2 is 1.28 bits per heavy atom. The Labute approximate surface area is 334 Å². The van der Waals surface area contributed by atoms with E-state index in [0.29, 0.717) is 39.5 Å².